The van der Waals surface area contributed by atoms with E-state index in [2.05, 4.69) is 14.7 Å². The van der Waals surface area contributed by atoms with Crippen molar-refractivity contribution in [1.82, 2.24) is 19.3 Å². The Morgan fingerprint density at radius 3 is 2.56 bits per heavy atom. The first-order valence-electron chi connectivity index (χ1n) is 7.79. The lowest BCUT2D eigenvalue weighted by molar-refractivity contribution is 0.582. The summed E-state index contributed by atoms with van der Waals surface area (Å²) in [7, 11) is -3.49. The van der Waals surface area contributed by atoms with Crippen molar-refractivity contribution in [3.05, 3.63) is 78.1 Å². The highest BCUT2D eigenvalue weighted by Crippen LogP contribution is 2.13. The molecule has 0 spiro atoms. The number of nitrogens with one attached hydrogen (secondary N) is 1. The minimum absolute atomic E-state index is 0.262. The average molecular weight is 354 g/mol. The van der Waals surface area contributed by atoms with Crippen molar-refractivity contribution < 1.29 is 8.42 Å². The number of nitrogens with zero attached hydrogens (tertiary/aromatic N) is 3. The molecule has 3 aromatic rings. The largest absolute Gasteiger partial charge is 0.328 e. The zero-order valence-electron chi connectivity index (χ0n) is 13.5. The van der Waals surface area contributed by atoms with Gasteiger partial charge in [0.05, 0.1) is 0 Å². The van der Waals surface area contributed by atoms with Gasteiger partial charge in [0.1, 0.15) is 5.69 Å². The van der Waals surface area contributed by atoms with Crippen LogP contribution in [0.5, 0.6) is 0 Å². The van der Waals surface area contributed by atoms with E-state index in [1.54, 1.807) is 24.7 Å². The molecule has 2 aromatic heterocycles. The van der Waals surface area contributed by atoms with Gasteiger partial charge in [-0.3, -0.25) is 4.98 Å². The molecule has 1 N–H and O–H groups in total. The van der Waals surface area contributed by atoms with E-state index in [9.17, 15) is 8.42 Å². The molecule has 0 saturated heterocycles. The van der Waals surface area contributed by atoms with Gasteiger partial charge in [0.25, 0.3) is 0 Å². The van der Waals surface area contributed by atoms with Crippen LogP contribution in [-0.2, 0) is 16.6 Å². The smallest absolute Gasteiger partial charge is 0.233 e. The Kier molecular flexibility index (Phi) is 5.37. The molecule has 3 rings (SSSR count). The summed E-state index contributed by atoms with van der Waals surface area (Å²) in [6.07, 6.45) is 6.75. The fourth-order valence-corrected chi connectivity index (χ4v) is 3.11. The van der Waals surface area contributed by atoms with Crippen molar-refractivity contribution >= 4 is 16.1 Å². The molecule has 0 aliphatic heterocycles. The van der Waals surface area contributed by atoms with Gasteiger partial charge < -0.3 is 4.57 Å². The molecule has 6 nitrogen and oxygen atoms in total. The highest BCUT2D eigenvalue weighted by Gasteiger charge is 2.08. The minimum Gasteiger partial charge on any atom is -0.328 e. The molecule has 128 valence electrons. The lowest BCUT2D eigenvalue weighted by Gasteiger charge is -2.08. The Morgan fingerprint density at radius 1 is 1.00 bits per heavy atom. The first-order valence-corrected chi connectivity index (χ1v) is 9.34. The summed E-state index contributed by atoms with van der Waals surface area (Å²) in [6, 6.07) is 14.9. The van der Waals surface area contributed by atoms with Crippen LogP contribution in [0, 0.1) is 0 Å². The SMILES string of the molecule is O=S(=O)(/C=C/c1ccccc1)NCCn1ccnc1-c1ccccn1. The molecule has 25 heavy (non-hydrogen) atoms. The molecule has 0 bridgehead atoms. The number of imidazole rings is 1. The van der Waals surface area contributed by atoms with Gasteiger partial charge in [-0.2, -0.15) is 0 Å². The monoisotopic (exact) mass is 354 g/mol. The van der Waals surface area contributed by atoms with Crippen LogP contribution in [0.3, 0.4) is 0 Å². The predicted octanol–water partition coefficient (Wildman–Crippen LogP) is 2.54. The van der Waals surface area contributed by atoms with Crippen LogP contribution in [-0.4, -0.2) is 29.5 Å². The molecule has 7 heteroatoms. The third-order valence-electron chi connectivity index (χ3n) is 3.50. The van der Waals surface area contributed by atoms with Crippen molar-refractivity contribution in [2.75, 3.05) is 6.54 Å². The third kappa shape index (κ3) is 4.85. The number of benzene rings is 1. The molecule has 0 saturated carbocycles. The summed E-state index contributed by atoms with van der Waals surface area (Å²) in [4.78, 5) is 8.56. The summed E-state index contributed by atoms with van der Waals surface area (Å²) < 4.78 is 28.5. The summed E-state index contributed by atoms with van der Waals surface area (Å²) in [5.41, 5.74) is 1.58. The van der Waals surface area contributed by atoms with Gasteiger partial charge in [0.2, 0.25) is 10.0 Å². The second-order valence-electron chi connectivity index (χ2n) is 5.31. The number of rotatable bonds is 7. The fraction of sp³-hybridized carbons (Fsp3) is 0.111. The van der Waals surface area contributed by atoms with E-state index < -0.39 is 10.0 Å². The van der Waals surface area contributed by atoms with Gasteiger partial charge in [0.15, 0.2) is 5.82 Å². The Balaban J connectivity index is 1.60. The molecule has 0 atom stereocenters. The van der Waals surface area contributed by atoms with Crippen molar-refractivity contribution in [3.63, 3.8) is 0 Å². The van der Waals surface area contributed by atoms with Crippen LogP contribution in [0.15, 0.2) is 72.5 Å². The van der Waals surface area contributed by atoms with E-state index in [0.717, 1.165) is 11.3 Å². The standard InChI is InChI=1S/C18H18N4O2S/c23-25(24,15-9-16-6-2-1-3-7-16)21-12-14-22-13-11-20-18(22)17-8-4-5-10-19-17/h1-11,13,15,21H,12,14H2/b15-9+. The van der Waals surface area contributed by atoms with Gasteiger partial charge in [-0.15, -0.1) is 0 Å². The molecular weight excluding hydrogens is 336 g/mol. The fourth-order valence-electron chi connectivity index (χ4n) is 2.31. The Morgan fingerprint density at radius 2 is 1.80 bits per heavy atom. The third-order valence-corrected chi connectivity index (χ3v) is 4.61. The average Bonchev–Trinajstić information content (AvgIpc) is 3.10. The second-order valence-corrected chi connectivity index (χ2v) is 6.96. The van der Waals surface area contributed by atoms with Gasteiger partial charge in [-0.1, -0.05) is 36.4 Å². The second kappa shape index (κ2) is 7.87. The van der Waals surface area contributed by atoms with Gasteiger partial charge in [-0.25, -0.2) is 18.1 Å². The van der Waals surface area contributed by atoms with Crippen molar-refractivity contribution in [1.29, 1.82) is 0 Å². The van der Waals surface area contributed by atoms with E-state index in [4.69, 9.17) is 0 Å². The van der Waals surface area contributed by atoms with E-state index in [1.807, 2.05) is 53.1 Å². The first-order chi connectivity index (χ1) is 12.1. The lowest BCUT2D eigenvalue weighted by Crippen LogP contribution is -2.25. The molecule has 0 amide bonds. The molecule has 0 aliphatic rings. The topological polar surface area (TPSA) is 76.9 Å². The Bertz CT molecular complexity index is 935. The molecule has 1 aromatic carbocycles. The zero-order chi connectivity index (χ0) is 17.5. The maximum atomic E-state index is 12.1. The highest BCUT2D eigenvalue weighted by molar-refractivity contribution is 7.92. The van der Waals surface area contributed by atoms with Gasteiger partial charge in [-0.05, 0) is 23.8 Å². The van der Waals surface area contributed by atoms with Crippen LogP contribution in [0.25, 0.3) is 17.6 Å². The van der Waals surface area contributed by atoms with Gasteiger partial charge >= 0.3 is 0 Å². The quantitative estimate of drug-likeness (QED) is 0.707. The summed E-state index contributed by atoms with van der Waals surface area (Å²) in [5.74, 6) is 0.708. The molecule has 0 aliphatic carbocycles. The minimum atomic E-state index is -3.49. The summed E-state index contributed by atoms with van der Waals surface area (Å²) in [6.45, 7) is 0.724. The summed E-state index contributed by atoms with van der Waals surface area (Å²) >= 11 is 0. The first kappa shape index (κ1) is 17.1. The van der Waals surface area contributed by atoms with E-state index in [-0.39, 0.29) is 6.54 Å². The van der Waals surface area contributed by atoms with Crippen LogP contribution in [0.2, 0.25) is 0 Å². The molecule has 2 heterocycles. The van der Waals surface area contributed by atoms with Crippen LogP contribution in [0.1, 0.15) is 5.56 Å². The number of sulfonamides is 1. The van der Waals surface area contributed by atoms with Crippen molar-refractivity contribution in [2.24, 2.45) is 0 Å². The highest BCUT2D eigenvalue weighted by atomic mass is 32.2. The zero-order valence-corrected chi connectivity index (χ0v) is 14.3. The predicted molar refractivity (Wildman–Crippen MR) is 97.9 cm³/mol. The van der Waals surface area contributed by atoms with E-state index in [1.165, 1.54) is 5.41 Å². The molecule has 0 radical (unpaired) electrons. The number of pyridine rings is 1. The number of hydrogen-bond donors (Lipinski definition) is 1. The molecule has 0 unspecified atom stereocenters. The van der Waals surface area contributed by atoms with Crippen LogP contribution in [0.4, 0.5) is 0 Å². The molecular formula is C18H18N4O2S. The maximum Gasteiger partial charge on any atom is 0.233 e. The van der Waals surface area contributed by atoms with Crippen molar-refractivity contribution in [2.45, 2.75) is 6.54 Å². The maximum absolute atomic E-state index is 12.1. The number of aromatic nitrogens is 3. The summed E-state index contributed by atoms with van der Waals surface area (Å²) in [5, 5.41) is 1.18. The van der Waals surface area contributed by atoms with Crippen LogP contribution >= 0.6 is 0 Å². The Hall–Kier alpha value is -2.77. The lowest BCUT2D eigenvalue weighted by atomic mass is 10.2. The normalized spacial score (nSPS) is 11.8. The van der Waals surface area contributed by atoms with E-state index in [0.29, 0.717) is 12.4 Å². The molecule has 0 fully saturated rings. The Labute approximate surface area is 146 Å². The van der Waals surface area contributed by atoms with Crippen molar-refractivity contribution in [3.8, 4) is 11.5 Å². The number of hydrogen-bond acceptors (Lipinski definition) is 4. The van der Waals surface area contributed by atoms with Crippen LogP contribution < -0.4 is 4.72 Å². The van der Waals surface area contributed by atoms with Gasteiger partial charge in [0, 0.05) is 37.1 Å². The van der Waals surface area contributed by atoms with E-state index >= 15 is 0 Å².